The zero-order chi connectivity index (χ0) is 18.7. The second kappa shape index (κ2) is 7.73. The van der Waals surface area contributed by atoms with Gasteiger partial charge in [-0.25, -0.2) is 12.8 Å². The number of hydrogen-bond donors (Lipinski definition) is 1. The van der Waals surface area contributed by atoms with Crippen LogP contribution in [0.5, 0.6) is 0 Å². The van der Waals surface area contributed by atoms with Gasteiger partial charge in [0.25, 0.3) is 0 Å². The molecule has 26 heavy (non-hydrogen) atoms. The Morgan fingerprint density at radius 2 is 1.81 bits per heavy atom. The first-order valence-electron chi connectivity index (χ1n) is 8.15. The van der Waals surface area contributed by atoms with Crippen LogP contribution >= 0.6 is 11.6 Å². The third kappa shape index (κ3) is 4.60. The summed E-state index contributed by atoms with van der Waals surface area (Å²) in [5, 5.41) is 3.19. The van der Waals surface area contributed by atoms with Gasteiger partial charge in [-0.3, -0.25) is 4.79 Å². The molecular weight excluding hydrogens is 379 g/mol. The zero-order valence-electron chi connectivity index (χ0n) is 13.9. The van der Waals surface area contributed by atoms with Crippen LogP contribution in [0.2, 0.25) is 5.02 Å². The molecule has 1 saturated carbocycles. The van der Waals surface area contributed by atoms with Crippen molar-refractivity contribution in [3.05, 3.63) is 64.9 Å². The Morgan fingerprint density at radius 3 is 2.42 bits per heavy atom. The summed E-state index contributed by atoms with van der Waals surface area (Å²) in [4.78, 5) is 12.1. The van der Waals surface area contributed by atoms with E-state index in [1.54, 1.807) is 24.3 Å². The number of halogens is 2. The van der Waals surface area contributed by atoms with Gasteiger partial charge < -0.3 is 5.32 Å². The number of carbonyl (C=O) groups excluding carboxylic acids is 1. The molecule has 5 nitrogen and oxygen atoms in total. The summed E-state index contributed by atoms with van der Waals surface area (Å²) in [6, 6.07) is 11.5. The predicted octanol–water partition coefficient (Wildman–Crippen LogP) is 2.95. The van der Waals surface area contributed by atoms with Crippen molar-refractivity contribution in [2.24, 2.45) is 0 Å². The van der Waals surface area contributed by atoms with Crippen molar-refractivity contribution >= 4 is 27.5 Å². The van der Waals surface area contributed by atoms with Gasteiger partial charge in [0.1, 0.15) is 5.82 Å². The van der Waals surface area contributed by atoms with Gasteiger partial charge in [-0.15, -0.1) is 0 Å². The number of rotatable bonds is 7. The molecule has 0 saturated heterocycles. The smallest absolute Gasteiger partial charge is 0.243 e. The highest BCUT2D eigenvalue weighted by Gasteiger charge is 2.30. The zero-order valence-corrected chi connectivity index (χ0v) is 15.4. The van der Waals surface area contributed by atoms with Crippen LogP contribution in [-0.4, -0.2) is 31.2 Å². The van der Waals surface area contributed by atoms with Crippen molar-refractivity contribution in [2.75, 3.05) is 6.54 Å². The molecular formula is C18H18ClFN2O3S. The Kier molecular flexibility index (Phi) is 5.60. The quantitative estimate of drug-likeness (QED) is 0.782. The SMILES string of the molecule is O=C(CN(Cc1ccccc1Cl)S(=O)(=O)c1ccc(F)cc1)NC1CC1. The highest BCUT2D eigenvalue weighted by molar-refractivity contribution is 7.89. The van der Waals surface area contributed by atoms with Crippen molar-refractivity contribution in [2.45, 2.75) is 30.3 Å². The standard InChI is InChI=1S/C18H18ClFN2O3S/c19-17-4-2-1-3-13(17)11-22(12-18(23)21-15-7-8-15)26(24,25)16-9-5-14(20)6-10-16/h1-6,9-10,15H,7-8,11-12H2,(H,21,23). The molecule has 0 atom stereocenters. The maximum atomic E-state index is 13.1. The molecule has 1 aliphatic carbocycles. The maximum absolute atomic E-state index is 13.1. The van der Waals surface area contributed by atoms with Gasteiger partial charge >= 0.3 is 0 Å². The van der Waals surface area contributed by atoms with Crippen molar-refractivity contribution < 1.29 is 17.6 Å². The van der Waals surface area contributed by atoms with E-state index in [2.05, 4.69) is 5.32 Å². The number of nitrogens with one attached hydrogen (secondary N) is 1. The van der Waals surface area contributed by atoms with Crippen LogP contribution in [0.1, 0.15) is 18.4 Å². The van der Waals surface area contributed by atoms with Gasteiger partial charge in [-0.05, 0) is 48.7 Å². The molecule has 1 N–H and O–H groups in total. The van der Waals surface area contributed by atoms with Crippen LogP contribution in [-0.2, 0) is 21.4 Å². The van der Waals surface area contributed by atoms with Crippen molar-refractivity contribution in [1.29, 1.82) is 0 Å². The minimum atomic E-state index is -4.00. The van der Waals surface area contributed by atoms with Crippen molar-refractivity contribution in [3.63, 3.8) is 0 Å². The molecule has 0 aromatic heterocycles. The molecule has 0 aliphatic heterocycles. The molecule has 0 unspecified atom stereocenters. The van der Waals surface area contributed by atoms with Crippen LogP contribution in [0.15, 0.2) is 53.4 Å². The molecule has 138 valence electrons. The Hall–Kier alpha value is -1.96. The normalized spacial score (nSPS) is 14.4. The lowest BCUT2D eigenvalue weighted by atomic mass is 10.2. The van der Waals surface area contributed by atoms with E-state index >= 15 is 0 Å². The van der Waals surface area contributed by atoms with Crippen LogP contribution in [0.3, 0.4) is 0 Å². The molecule has 2 aromatic rings. The molecule has 0 bridgehead atoms. The summed E-state index contributed by atoms with van der Waals surface area (Å²) in [5.41, 5.74) is 0.582. The molecule has 1 fully saturated rings. The average molecular weight is 397 g/mol. The summed E-state index contributed by atoms with van der Waals surface area (Å²) in [6.07, 6.45) is 1.81. The number of benzene rings is 2. The Morgan fingerprint density at radius 1 is 1.15 bits per heavy atom. The molecule has 3 rings (SSSR count). The fraction of sp³-hybridized carbons (Fsp3) is 0.278. The first-order chi connectivity index (χ1) is 12.4. The van der Waals surface area contributed by atoms with E-state index in [0.717, 1.165) is 29.3 Å². The van der Waals surface area contributed by atoms with Gasteiger partial charge in [0.2, 0.25) is 15.9 Å². The Labute approximate surface area is 156 Å². The number of amides is 1. The summed E-state index contributed by atoms with van der Waals surface area (Å²) in [7, 11) is -4.00. The number of nitrogens with zero attached hydrogens (tertiary/aromatic N) is 1. The number of carbonyl (C=O) groups is 1. The fourth-order valence-corrected chi connectivity index (χ4v) is 4.03. The first kappa shape index (κ1) is 18.8. The van der Waals surface area contributed by atoms with Crippen molar-refractivity contribution in [1.82, 2.24) is 9.62 Å². The summed E-state index contributed by atoms with van der Waals surface area (Å²) >= 11 is 6.14. The molecule has 1 amide bonds. The van der Waals surface area contributed by atoms with E-state index in [-0.39, 0.29) is 29.9 Å². The molecule has 2 aromatic carbocycles. The van der Waals surface area contributed by atoms with Crippen LogP contribution < -0.4 is 5.32 Å². The third-order valence-electron chi connectivity index (χ3n) is 4.02. The van der Waals surface area contributed by atoms with Gasteiger partial charge in [0.15, 0.2) is 0 Å². The minimum Gasteiger partial charge on any atom is -0.352 e. The maximum Gasteiger partial charge on any atom is 0.243 e. The molecule has 1 aliphatic rings. The van der Waals surface area contributed by atoms with Crippen LogP contribution in [0.25, 0.3) is 0 Å². The van der Waals surface area contributed by atoms with Crippen molar-refractivity contribution in [3.8, 4) is 0 Å². The van der Waals surface area contributed by atoms with E-state index in [1.807, 2.05) is 0 Å². The van der Waals surface area contributed by atoms with E-state index in [4.69, 9.17) is 11.6 Å². The molecule has 0 spiro atoms. The van der Waals surface area contributed by atoms with Gasteiger partial charge in [0.05, 0.1) is 11.4 Å². The molecule has 0 radical (unpaired) electrons. The predicted molar refractivity (Wildman–Crippen MR) is 96.6 cm³/mol. The monoisotopic (exact) mass is 396 g/mol. The molecule has 8 heteroatoms. The highest BCUT2D eigenvalue weighted by atomic mass is 35.5. The number of sulfonamides is 1. The van der Waals surface area contributed by atoms with E-state index in [1.165, 1.54) is 12.1 Å². The lowest BCUT2D eigenvalue weighted by Crippen LogP contribution is -2.41. The minimum absolute atomic E-state index is 0.0581. The van der Waals surface area contributed by atoms with E-state index in [9.17, 15) is 17.6 Å². The lowest BCUT2D eigenvalue weighted by Gasteiger charge is -2.22. The Bertz CT molecular complexity index is 899. The first-order valence-corrected chi connectivity index (χ1v) is 9.96. The fourth-order valence-electron chi connectivity index (χ4n) is 2.46. The second-order valence-corrected chi connectivity index (χ2v) is 8.51. The second-order valence-electron chi connectivity index (χ2n) is 6.16. The van der Waals surface area contributed by atoms with E-state index < -0.39 is 15.8 Å². The van der Waals surface area contributed by atoms with Gasteiger partial charge in [0, 0.05) is 17.6 Å². The van der Waals surface area contributed by atoms with Crippen LogP contribution in [0, 0.1) is 5.82 Å². The number of hydrogen-bond acceptors (Lipinski definition) is 3. The van der Waals surface area contributed by atoms with E-state index in [0.29, 0.717) is 10.6 Å². The Balaban J connectivity index is 1.88. The summed E-state index contributed by atoms with van der Waals surface area (Å²) < 4.78 is 40.2. The largest absolute Gasteiger partial charge is 0.352 e. The summed E-state index contributed by atoms with van der Waals surface area (Å²) in [6.45, 7) is -0.390. The topological polar surface area (TPSA) is 66.5 Å². The summed E-state index contributed by atoms with van der Waals surface area (Å²) in [5.74, 6) is -0.904. The highest BCUT2D eigenvalue weighted by Crippen LogP contribution is 2.23. The third-order valence-corrected chi connectivity index (χ3v) is 6.19. The lowest BCUT2D eigenvalue weighted by molar-refractivity contribution is -0.121. The molecule has 0 heterocycles. The van der Waals surface area contributed by atoms with Gasteiger partial charge in [-0.2, -0.15) is 4.31 Å². The average Bonchev–Trinajstić information content (AvgIpc) is 3.40. The van der Waals surface area contributed by atoms with Crippen LogP contribution in [0.4, 0.5) is 4.39 Å². The van der Waals surface area contributed by atoms with Gasteiger partial charge in [-0.1, -0.05) is 29.8 Å².